The summed E-state index contributed by atoms with van der Waals surface area (Å²) in [5.41, 5.74) is 4.82. The summed E-state index contributed by atoms with van der Waals surface area (Å²) in [5.74, 6) is 0. The minimum atomic E-state index is -0.185. The summed E-state index contributed by atoms with van der Waals surface area (Å²) in [7, 11) is 2.19. The number of likely N-dealkylation sites (N-methyl/N-ethyl adjacent to an activating group) is 1. The predicted molar refractivity (Wildman–Crippen MR) is 116 cm³/mol. The SMILES string of the molecule is Cc1c(N2C[C@@H](C)N(C)[C@@H](C)C2)ccc2c3c(c(=O)oc12)CNCC3.Cl.Cl. The smallest absolute Gasteiger partial charge is 0.341 e. The third-order valence-electron chi connectivity index (χ3n) is 6.06. The number of halogens is 2. The van der Waals surface area contributed by atoms with Crippen LogP contribution in [0.3, 0.4) is 0 Å². The number of rotatable bonds is 1. The van der Waals surface area contributed by atoms with Crippen molar-refractivity contribution in [3.8, 4) is 0 Å². The lowest BCUT2D eigenvalue weighted by atomic mass is 9.96. The quantitative estimate of drug-likeness (QED) is 0.727. The molecule has 0 aliphatic carbocycles. The third kappa shape index (κ3) is 3.70. The molecule has 1 saturated heterocycles. The zero-order chi connectivity index (χ0) is 17.7. The fourth-order valence-electron chi connectivity index (χ4n) is 4.33. The van der Waals surface area contributed by atoms with Gasteiger partial charge in [0.2, 0.25) is 0 Å². The molecule has 1 aromatic heterocycles. The number of nitrogens with one attached hydrogen (secondary N) is 1. The molecule has 2 aliphatic heterocycles. The molecule has 27 heavy (non-hydrogen) atoms. The maximum atomic E-state index is 12.4. The van der Waals surface area contributed by atoms with E-state index in [1.807, 2.05) is 0 Å². The van der Waals surface area contributed by atoms with E-state index in [9.17, 15) is 4.79 Å². The van der Waals surface area contributed by atoms with E-state index in [1.54, 1.807) is 0 Å². The highest BCUT2D eigenvalue weighted by atomic mass is 35.5. The van der Waals surface area contributed by atoms with Gasteiger partial charge >= 0.3 is 5.63 Å². The van der Waals surface area contributed by atoms with Crippen molar-refractivity contribution in [2.75, 3.05) is 31.6 Å². The molecule has 0 saturated carbocycles. The summed E-state index contributed by atoms with van der Waals surface area (Å²) in [5, 5.41) is 4.37. The number of benzene rings is 1. The molecule has 0 bridgehead atoms. The second-order valence-corrected chi connectivity index (χ2v) is 7.63. The zero-order valence-electron chi connectivity index (χ0n) is 16.4. The minimum absolute atomic E-state index is 0. The topological polar surface area (TPSA) is 48.7 Å². The van der Waals surface area contributed by atoms with Crippen molar-refractivity contribution < 1.29 is 4.42 Å². The van der Waals surface area contributed by atoms with Gasteiger partial charge in [-0.25, -0.2) is 4.79 Å². The van der Waals surface area contributed by atoms with Crippen molar-refractivity contribution in [1.82, 2.24) is 10.2 Å². The third-order valence-corrected chi connectivity index (χ3v) is 6.06. The summed E-state index contributed by atoms with van der Waals surface area (Å²) in [6.45, 7) is 10.1. The van der Waals surface area contributed by atoms with Crippen LogP contribution in [0.1, 0.15) is 30.5 Å². The first-order valence-corrected chi connectivity index (χ1v) is 9.23. The van der Waals surface area contributed by atoms with Crippen molar-refractivity contribution >= 4 is 41.5 Å². The molecule has 1 aromatic carbocycles. The van der Waals surface area contributed by atoms with E-state index in [4.69, 9.17) is 4.42 Å². The molecule has 5 nitrogen and oxygen atoms in total. The Morgan fingerprint density at radius 3 is 2.44 bits per heavy atom. The molecule has 0 spiro atoms. The lowest BCUT2D eigenvalue weighted by Gasteiger charge is -2.44. The lowest BCUT2D eigenvalue weighted by Crippen LogP contribution is -2.55. The Bertz CT molecular complexity index is 872. The molecule has 4 rings (SSSR count). The van der Waals surface area contributed by atoms with Gasteiger partial charge in [0.15, 0.2) is 0 Å². The number of nitrogens with zero attached hydrogens (tertiary/aromatic N) is 2. The highest BCUT2D eigenvalue weighted by Gasteiger charge is 2.28. The van der Waals surface area contributed by atoms with Gasteiger partial charge in [-0.1, -0.05) is 0 Å². The number of hydrogen-bond donors (Lipinski definition) is 1. The average molecular weight is 414 g/mol. The number of anilines is 1. The van der Waals surface area contributed by atoms with E-state index < -0.39 is 0 Å². The molecular formula is C20H29Cl2N3O2. The molecule has 0 unspecified atom stereocenters. The number of piperazine rings is 1. The molecule has 2 aromatic rings. The maximum absolute atomic E-state index is 12.4. The molecule has 0 amide bonds. The van der Waals surface area contributed by atoms with Crippen molar-refractivity contribution in [3.05, 3.63) is 39.2 Å². The summed E-state index contributed by atoms with van der Waals surface area (Å²) in [6.07, 6.45) is 0.888. The number of aryl methyl sites for hydroxylation is 1. The molecule has 1 fully saturated rings. The Balaban J connectivity index is 0.00000131. The van der Waals surface area contributed by atoms with Gasteiger partial charge in [0.05, 0.1) is 5.56 Å². The van der Waals surface area contributed by atoms with E-state index in [-0.39, 0.29) is 30.4 Å². The normalized spacial score (nSPS) is 22.7. The first kappa shape index (κ1) is 22.0. The largest absolute Gasteiger partial charge is 0.422 e. The van der Waals surface area contributed by atoms with Gasteiger partial charge < -0.3 is 14.6 Å². The van der Waals surface area contributed by atoms with Gasteiger partial charge in [0.25, 0.3) is 0 Å². The summed E-state index contributed by atoms with van der Waals surface area (Å²) in [6, 6.07) is 5.37. The first-order chi connectivity index (χ1) is 12.0. The highest BCUT2D eigenvalue weighted by molar-refractivity contribution is 5.88. The maximum Gasteiger partial charge on any atom is 0.341 e. The van der Waals surface area contributed by atoms with Crippen molar-refractivity contribution in [1.29, 1.82) is 0 Å². The van der Waals surface area contributed by atoms with Crippen LogP contribution in [0, 0.1) is 6.92 Å². The second kappa shape index (κ2) is 8.39. The van der Waals surface area contributed by atoms with Crippen molar-refractivity contribution in [3.63, 3.8) is 0 Å². The molecule has 0 radical (unpaired) electrons. The van der Waals surface area contributed by atoms with Crippen LogP contribution in [0.2, 0.25) is 0 Å². The summed E-state index contributed by atoms with van der Waals surface area (Å²) >= 11 is 0. The molecule has 2 atom stereocenters. The first-order valence-electron chi connectivity index (χ1n) is 9.23. The van der Waals surface area contributed by atoms with Crippen molar-refractivity contribution in [2.45, 2.75) is 45.8 Å². The van der Waals surface area contributed by atoms with E-state index in [1.165, 1.54) is 11.3 Å². The van der Waals surface area contributed by atoms with Crippen LogP contribution in [0.4, 0.5) is 5.69 Å². The van der Waals surface area contributed by atoms with Gasteiger partial charge in [-0.2, -0.15) is 0 Å². The van der Waals surface area contributed by atoms with E-state index in [0.717, 1.165) is 48.2 Å². The van der Waals surface area contributed by atoms with Gasteiger partial charge in [-0.3, -0.25) is 4.90 Å². The second-order valence-electron chi connectivity index (χ2n) is 7.63. The van der Waals surface area contributed by atoms with Crippen LogP contribution in [0.25, 0.3) is 11.0 Å². The minimum Gasteiger partial charge on any atom is -0.422 e. The van der Waals surface area contributed by atoms with Crippen LogP contribution in [-0.4, -0.2) is 43.7 Å². The van der Waals surface area contributed by atoms with Gasteiger partial charge in [-0.05, 0) is 58.5 Å². The van der Waals surface area contributed by atoms with Crippen LogP contribution >= 0.6 is 24.8 Å². The highest BCUT2D eigenvalue weighted by Crippen LogP contribution is 2.33. The number of fused-ring (bicyclic) bond motifs is 3. The zero-order valence-corrected chi connectivity index (χ0v) is 18.0. The summed E-state index contributed by atoms with van der Waals surface area (Å²) < 4.78 is 5.76. The summed E-state index contributed by atoms with van der Waals surface area (Å²) in [4.78, 5) is 17.3. The van der Waals surface area contributed by atoms with E-state index >= 15 is 0 Å². The average Bonchev–Trinajstić information content (AvgIpc) is 2.60. The fourth-order valence-corrected chi connectivity index (χ4v) is 4.33. The van der Waals surface area contributed by atoms with E-state index in [0.29, 0.717) is 18.6 Å². The van der Waals surface area contributed by atoms with Gasteiger partial charge in [0, 0.05) is 48.4 Å². The Kier molecular flexibility index (Phi) is 6.85. The molecule has 150 valence electrons. The van der Waals surface area contributed by atoms with Gasteiger partial charge in [0.1, 0.15) is 5.58 Å². The van der Waals surface area contributed by atoms with Gasteiger partial charge in [-0.15, -0.1) is 24.8 Å². The Morgan fingerprint density at radius 1 is 1.11 bits per heavy atom. The predicted octanol–water partition coefficient (Wildman–Crippen LogP) is 3.12. The molecule has 7 heteroatoms. The molecule has 2 aliphatic rings. The molecule has 3 heterocycles. The van der Waals surface area contributed by atoms with Crippen LogP contribution in [-0.2, 0) is 13.0 Å². The monoisotopic (exact) mass is 413 g/mol. The van der Waals surface area contributed by atoms with Crippen LogP contribution < -0.4 is 15.8 Å². The standard InChI is InChI=1S/C20H27N3O2.2ClH/c1-12-10-23(11-13(2)22(12)4)18-6-5-16-15-7-8-21-9-17(15)20(24)25-19(16)14(18)3;;/h5-6,12-13,21H,7-11H2,1-4H3;2*1H/t12-,13+;;. The fraction of sp³-hybridized carbons (Fsp3) is 0.550. The van der Waals surface area contributed by atoms with E-state index in [2.05, 4.69) is 55.1 Å². The lowest BCUT2D eigenvalue weighted by molar-refractivity contribution is 0.170. The van der Waals surface area contributed by atoms with Crippen LogP contribution in [0.15, 0.2) is 21.3 Å². The Labute approximate surface area is 172 Å². The van der Waals surface area contributed by atoms with Crippen LogP contribution in [0.5, 0.6) is 0 Å². The van der Waals surface area contributed by atoms with Crippen molar-refractivity contribution in [2.24, 2.45) is 0 Å². The molecular weight excluding hydrogens is 385 g/mol. The number of hydrogen-bond acceptors (Lipinski definition) is 5. The Hall–Kier alpha value is -1.27. The molecule has 1 N–H and O–H groups in total. The Morgan fingerprint density at radius 2 is 1.78 bits per heavy atom.